The number of anilines is 1. The molecule has 7 heteroatoms. The van der Waals surface area contributed by atoms with Gasteiger partial charge in [0.05, 0.1) is 23.8 Å². The lowest BCUT2D eigenvalue weighted by Gasteiger charge is -2.36. The van der Waals surface area contributed by atoms with E-state index < -0.39 is 10.7 Å². The molecule has 1 saturated heterocycles. The maximum Gasteiger partial charge on any atom is 0.313 e. The average Bonchev–Trinajstić information content (AvgIpc) is 2.39. The summed E-state index contributed by atoms with van der Waals surface area (Å²) >= 11 is 0. The number of nitrogens with one attached hydrogen (secondary N) is 1. The van der Waals surface area contributed by atoms with Crippen molar-refractivity contribution in [2.75, 3.05) is 31.6 Å². The molecule has 1 aliphatic heterocycles. The van der Waals surface area contributed by atoms with E-state index >= 15 is 0 Å². The van der Waals surface area contributed by atoms with Crippen molar-refractivity contribution in [3.63, 3.8) is 0 Å². The number of rotatable bonds is 3. The fraction of sp³-hybridized carbons (Fsp3) is 0.500. The predicted octanol–water partition coefficient (Wildman–Crippen LogP) is 1.54. The van der Waals surface area contributed by atoms with Crippen molar-refractivity contribution < 1.29 is 14.1 Å². The molecule has 0 aromatic heterocycles. The highest BCUT2D eigenvalue weighted by molar-refractivity contribution is 5.61. The highest BCUT2D eigenvalue weighted by atomic mass is 19.1. The van der Waals surface area contributed by atoms with Crippen molar-refractivity contribution in [1.82, 2.24) is 5.32 Å². The normalized spacial score (nSPS) is 19.3. The van der Waals surface area contributed by atoms with Gasteiger partial charge in [0.1, 0.15) is 0 Å². The van der Waals surface area contributed by atoms with Crippen LogP contribution in [0.2, 0.25) is 0 Å². The molecule has 104 valence electrons. The number of nitro groups is 1. The molecule has 1 N–H and O–H groups in total. The van der Waals surface area contributed by atoms with Gasteiger partial charge >= 0.3 is 5.69 Å². The van der Waals surface area contributed by atoms with E-state index in [9.17, 15) is 14.5 Å². The van der Waals surface area contributed by atoms with Crippen molar-refractivity contribution >= 4 is 11.4 Å². The minimum atomic E-state index is -0.646. The number of hydrogen-bond acceptors (Lipinski definition) is 5. The predicted molar refractivity (Wildman–Crippen MR) is 69.3 cm³/mol. The van der Waals surface area contributed by atoms with Gasteiger partial charge in [-0.15, -0.1) is 0 Å². The van der Waals surface area contributed by atoms with Gasteiger partial charge < -0.3 is 15.0 Å². The summed E-state index contributed by atoms with van der Waals surface area (Å²) in [6.45, 7) is 4.13. The van der Waals surface area contributed by atoms with Crippen molar-refractivity contribution in [3.05, 3.63) is 28.1 Å². The largest absolute Gasteiger partial charge is 0.490 e. The molecule has 1 unspecified atom stereocenters. The van der Waals surface area contributed by atoms with Gasteiger partial charge in [-0.05, 0) is 6.92 Å². The molecular formula is C12H16FN3O3. The van der Waals surface area contributed by atoms with E-state index in [1.165, 1.54) is 13.2 Å². The number of nitrogens with zero attached hydrogens (tertiary/aromatic N) is 2. The standard InChI is InChI=1S/C12H16FN3O3/c1-8-7-14-3-4-15(8)10-6-12(19-2)11(16(17)18)5-9(10)13/h5-6,8,14H,3-4,7H2,1-2H3. The van der Waals surface area contributed by atoms with Crippen LogP contribution < -0.4 is 15.0 Å². The summed E-state index contributed by atoms with van der Waals surface area (Å²) in [6.07, 6.45) is 0. The fourth-order valence-electron chi connectivity index (χ4n) is 2.26. The van der Waals surface area contributed by atoms with Crippen molar-refractivity contribution in [2.45, 2.75) is 13.0 Å². The van der Waals surface area contributed by atoms with Crippen LogP contribution in [0.3, 0.4) is 0 Å². The zero-order valence-electron chi connectivity index (χ0n) is 10.9. The third kappa shape index (κ3) is 2.60. The molecule has 0 aliphatic carbocycles. The molecular weight excluding hydrogens is 253 g/mol. The molecule has 0 bridgehead atoms. The molecule has 1 fully saturated rings. The second-order valence-corrected chi connectivity index (χ2v) is 4.48. The van der Waals surface area contributed by atoms with E-state index in [-0.39, 0.29) is 17.5 Å². The van der Waals surface area contributed by atoms with Gasteiger partial charge in [0.2, 0.25) is 0 Å². The first-order valence-corrected chi connectivity index (χ1v) is 6.04. The van der Waals surface area contributed by atoms with E-state index in [4.69, 9.17) is 4.74 Å². The third-order valence-electron chi connectivity index (χ3n) is 3.26. The Labute approximate surface area is 110 Å². The van der Waals surface area contributed by atoms with Gasteiger partial charge in [-0.1, -0.05) is 0 Å². The molecule has 1 atom stereocenters. The molecule has 0 amide bonds. The van der Waals surface area contributed by atoms with Crippen molar-refractivity contribution in [1.29, 1.82) is 0 Å². The van der Waals surface area contributed by atoms with Crippen LogP contribution in [0, 0.1) is 15.9 Å². The van der Waals surface area contributed by atoms with Crippen LogP contribution in [-0.4, -0.2) is 37.7 Å². The lowest BCUT2D eigenvalue weighted by atomic mass is 10.1. The quantitative estimate of drug-likeness (QED) is 0.666. The molecule has 1 heterocycles. The number of piperazine rings is 1. The number of benzene rings is 1. The Hall–Kier alpha value is -1.89. The Morgan fingerprint density at radius 3 is 2.89 bits per heavy atom. The van der Waals surface area contributed by atoms with Gasteiger partial charge in [-0.3, -0.25) is 10.1 Å². The molecule has 1 aliphatic rings. The minimum Gasteiger partial charge on any atom is -0.490 e. The van der Waals surface area contributed by atoms with Crippen LogP contribution in [0.25, 0.3) is 0 Å². The van der Waals surface area contributed by atoms with Crippen LogP contribution in [-0.2, 0) is 0 Å². The monoisotopic (exact) mass is 269 g/mol. The van der Waals surface area contributed by atoms with Crippen LogP contribution >= 0.6 is 0 Å². The van der Waals surface area contributed by atoms with Crippen LogP contribution in [0.1, 0.15) is 6.92 Å². The Morgan fingerprint density at radius 2 is 2.32 bits per heavy atom. The molecule has 1 aromatic carbocycles. The Bertz CT molecular complexity index is 495. The highest BCUT2D eigenvalue weighted by Crippen LogP contribution is 2.34. The summed E-state index contributed by atoms with van der Waals surface area (Å²) in [5.41, 5.74) is -0.0111. The van der Waals surface area contributed by atoms with E-state index in [0.717, 1.165) is 19.2 Å². The Morgan fingerprint density at radius 1 is 1.58 bits per heavy atom. The van der Waals surface area contributed by atoms with Gasteiger partial charge in [0.15, 0.2) is 11.6 Å². The summed E-state index contributed by atoms with van der Waals surface area (Å²) < 4.78 is 19.0. The minimum absolute atomic E-state index is 0.0760. The van der Waals surface area contributed by atoms with Gasteiger partial charge in [0, 0.05) is 31.7 Å². The first-order valence-electron chi connectivity index (χ1n) is 6.04. The topological polar surface area (TPSA) is 67.6 Å². The Balaban J connectivity index is 2.43. The van der Waals surface area contributed by atoms with Crippen LogP contribution in [0.4, 0.5) is 15.8 Å². The smallest absolute Gasteiger partial charge is 0.313 e. The van der Waals surface area contributed by atoms with Gasteiger partial charge in [-0.25, -0.2) is 4.39 Å². The molecule has 0 spiro atoms. The third-order valence-corrected chi connectivity index (χ3v) is 3.26. The molecule has 1 aromatic rings. The summed E-state index contributed by atoms with van der Waals surface area (Å²) in [4.78, 5) is 12.1. The SMILES string of the molecule is COc1cc(N2CCNCC2C)c(F)cc1[N+](=O)[O-]. The second kappa shape index (κ2) is 5.40. The number of methoxy groups -OCH3 is 1. The fourth-order valence-corrected chi connectivity index (χ4v) is 2.26. The van der Waals surface area contributed by atoms with E-state index in [1.54, 1.807) is 0 Å². The zero-order chi connectivity index (χ0) is 14.0. The first kappa shape index (κ1) is 13.5. The van der Waals surface area contributed by atoms with E-state index in [2.05, 4.69) is 5.32 Å². The van der Waals surface area contributed by atoms with E-state index in [1.807, 2.05) is 11.8 Å². The Kier molecular flexibility index (Phi) is 3.84. The van der Waals surface area contributed by atoms with Crippen molar-refractivity contribution in [3.8, 4) is 5.75 Å². The maximum atomic E-state index is 14.1. The molecule has 0 saturated carbocycles. The summed E-state index contributed by atoms with van der Waals surface area (Å²) in [5, 5.41) is 14.0. The highest BCUT2D eigenvalue weighted by Gasteiger charge is 2.25. The van der Waals surface area contributed by atoms with Crippen molar-refractivity contribution in [2.24, 2.45) is 0 Å². The number of hydrogen-bond donors (Lipinski definition) is 1. The van der Waals surface area contributed by atoms with Gasteiger partial charge in [-0.2, -0.15) is 0 Å². The first-order chi connectivity index (χ1) is 9.04. The lowest BCUT2D eigenvalue weighted by Crippen LogP contribution is -2.50. The van der Waals surface area contributed by atoms with E-state index in [0.29, 0.717) is 12.2 Å². The van der Waals surface area contributed by atoms with Gasteiger partial charge in [0.25, 0.3) is 0 Å². The summed E-state index contributed by atoms with van der Waals surface area (Å²) in [6, 6.07) is 2.44. The zero-order valence-corrected chi connectivity index (χ0v) is 10.9. The molecule has 19 heavy (non-hydrogen) atoms. The number of halogens is 1. The summed E-state index contributed by atoms with van der Waals surface area (Å²) in [7, 11) is 1.34. The molecule has 0 radical (unpaired) electrons. The second-order valence-electron chi connectivity index (χ2n) is 4.48. The van der Waals surface area contributed by atoms with Crippen LogP contribution in [0.15, 0.2) is 12.1 Å². The number of ether oxygens (including phenoxy) is 1. The molecule has 6 nitrogen and oxygen atoms in total. The van der Waals surface area contributed by atoms with Crippen LogP contribution in [0.5, 0.6) is 5.75 Å². The summed E-state index contributed by atoms with van der Waals surface area (Å²) in [5.74, 6) is -0.520. The lowest BCUT2D eigenvalue weighted by molar-refractivity contribution is -0.385. The molecule has 2 rings (SSSR count). The maximum absolute atomic E-state index is 14.1. The average molecular weight is 269 g/mol. The number of nitro benzene ring substituents is 1.